The maximum absolute atomic E-state index is 13.2. The van der Waals surface area contributed by atoms with Crippen molar-refractivity contribution in [1.82, 2.24) is 4.98 Å². The van der Waals surface area contributed by atoms with Gasteiger partial charge in [0.15, 0.2) is 11.7 Å². The highest BCUT2D eigenvalue weighted by molar-refractivity contribution is 5.77. The molecule has 1 N–H and O–H groups in total. The minimum Gasteiger partial charge on any atom is -0.481 e. The molecular formula is C20H13F6NO3. The van der Waals surface area contributed by atoms with Crippen molar-refractivity contribution in [2.75, 3.05) is 0 Å². The van der Waals surface area contributed by atoms with E-state index in [1.807, 2.05) is 0 Å². The first-order valence-electron chi connectivity index (χ1n) is 8.52. The lowest BCUT2D eigenvalue weighted by Crippen LogP contribution is -2.11. The minimum atomic E-state index is -5.02. The number of carboxylic acid groups (broad SMARTS) is 1. The molecule has 30 heavy (non-hydrogen) atoms. The molecule has 0 bridgehead atoms. The SMILES string of the molecule is O=C(O)CCc1nc(-c2ccccc2)c(-c2cc(C(F)(F)F)cc(C(F)(F)F)c2)o1. The fraction of sp³-hybridized carbons (Fsp3) is 0.200. The summed E-state index contributed by atoms with van der Waals surface area (Å²) in [5.74, 6) is -1.58. The predicted octanol–water partition coefficient (Wildman–Crippen LogP) is 6.06. The van der Waals surface area contributed by atoms with Gasteiger partial charge in [0, 0.05) is 17.5 Å². The van der Waals surface area contributed by atoms with Crippen LogP contribution in [0.15, 0.2) is 52.9 Å². The number of hydrogen-bond acceptors (Lipinski definition) is 3. The van der Waals surface area contributed by atoms with Crippen LogP contribution < -0.4 is 0 Å². The lowest BCUT2D eigenvalue weighted by Gasteiger charge is -2.13. The Bertz CT molecular complexity index is 1020. The van der Waals surface area contributed by atoms with Crippen molar-refractivity contribution >= 4 is 5.97 Å². The lowest BCUT2D eigenvalue weighted by atomic mass is 10.0. The molecule has 4 nitrogen and oxygen atoms in total. The Kier molecular flexibility index (Phi) is 5.60. The summed E-state index contributed by atoms with van der Waals surface area (Å²) in [5.41, 5.74) is -3.04. The van der Waals surface area contributed by atoms with E-state index < -0.39 is 35.0 Å². The first-order valence-corrected chi connectivity index (χ1v) is 8.52. The van der Waals surface area contributed by atoms with E-state index in [4.69, 9.17) is 9.52 Å². The maximum atomic E-state index is 13.2. The highest BCUT2D eigenvalue weighted by Gasteiger charge is 2.37. The van der Waals surface area contributed by atoms with Crippen molar-refractivity contribution in [1.29, 1.82) is 0 Å². The van der Waals surface area contributed by atoms with Crippen LogP contribution in [0.5, 0.6) is 0 Å². The summed E-state index contributed by atoms with van der Waals surface area (Å²) in [5, 5.41) is 8.82. The van der Waals surface area contributed by atoms with Gasteiger partial charge >= 0.3 is 18.3 Å². The summed E-state index contributed by atoms with van der Waals surface area (Å²) in [7, 11) is 0. The van der Waals surface area contributed by atoms with Crippen LogP contribution in [-0.4, -0.2) is 16.1 Å². The molecule has 1 aromatic heterocycles. The Morgan fingerprint density at radius 3 is 1.97 bits per heavy atom. The number of benzene rings is 2. The number of oxazole rings is 1. The molecule has 1 heterocycles. The first-order chi connectivity index (χ1) is 13.9. The molecule has 3 rings (SSSR count). The molecule has 0 spiro atoms. The number of halogens is 6. The highest BCUT2D eigenvalue weighted by Crippen LogP contribution is 2.41. The average molecular weight is 429 g/mol. The number of aryl methyl sites for hydroxylation is 1. The Labute approximate surface area is 165 Å². The standard InChI is InChI=1S/C20H13F6NO3/c21-19(22,23)13-8-12(9-14(10-13)20(24,25)26)18-17(11-4-2-1-3-5-11)27-15(30-18)6-7-16(28)29/h1-5,8-10H,6-7H2,(H,28,29). The number of carbonyl (C=O) groups is 1. The zero-order valence-electron chi connectivity index (χ0n) is 15.0. The molecule has 0 unspecified atom stereocenters. The fourth-order valence-electron chi connectivity index (χ4n) is 2.76. The number of nitrogens with zero attached hydrogens (tertiary/aromatic N) is 1. The molecule has 2 aromatic carbocycles. The van der Waals surface area contributed by atoms with Gasteiger partial charge in [0.05, 0.1) is 17.5 Å². The van der Waals surface area contributed by atoms with Crippen LogP contribution in [-0.2, 0) is 23.6 Å². The number of carboxylic acids is 1. The van der Waals surface area contributed by atoms with E-state index >= 15 is 0 Å². The average Bonchev–Trinajstić information content (AvgIpc) is 3.10. The zero-order valence-corrected chi connectivity index (χ0v) is 15.0. The van der Waals surface area contributed by atoms with Crippen LogP contribution in [0.25, 0.3) is 22.6 Å². The Balaban J connectivity index is 2.21. The molecule has 0 saturated carbocycles. The monoisotopic (exact) mass is 429 g/mol. The summed E-state index contributed by atoms with van der Waals surface area (Å²) in [6.07, 6.45) is -10.6. The molecule has 3 aromatic rings. The van der Waals surface area contributed by atoms with Gasteiger partial charge in [-0.25, -0.2) is 4.98 Å². The molecule has 158 valence electrons. The van der Waals surface area contributed by atoms with Gasteiger partial charge in [-0.3, -0.25) is 4.79 Å². The van der Waals surface area contributed by atoms with Gasteiger partial charge in [0.25, 0.3) is 0 Å². The number of rotatable bonds is 5. The summed E-state index contributed by atoms with van der Waals surface area (Å²) in [4.78, 5) is 14.9. The topological polar surface area (TPSA) is 63.3 Å². The van der Waals surface area contributed by atoms with Crippen molar-refractivity contribution in [3.63, 3.8) is 0 Å². The van der Waals surface area contributed by atoms with E-state index in [-0.39, 0.29) is 36.3 Å². The summed E-state index contributed by atoms with van der Waals surface area (Å²) in [6.45, 7) is 0. The van der Waals surface area contributed by atoms with Crippen LogP contribution in [0.3, 0.4) is 0 Å². The molecule has 0 saturated heterocycles. The van der Waals surface area contributed by atoms with Crippen molar-refractivity contribution in [3.05, 3.63) is 65.5 Å². The molecule has 0 amide bonds. The van der Waals surface area contributed by atoms with Crippen LogP contribution in [0, 0.1) is 0 Å². The lowest BCUT2D eigenvalue weighted by molar-refractivity contribution is -0.143. The molecule has 0 fully saturated rings. The van der Waals surface area contributed by atoms with E-state index in [1.54, 1.807) is 30.3 Å². The van der Waals surface area contributed by atoms with Gasteiger partial charge in [0.1, 0.15) is 5.69 Å². The Hall–Kier alpha value is -3.30. The molecule has 10 heteroatoms. The number of hydrogen-bond donors (Lipinski definition) is 1. The van der Waals surface area contributed by atoms with Crippen LogP contribution in [0.4, 0.5) is 26.3 Å². The fourth-order valence-corrected chi connectivity index (χ4v) is 2.76. The summed E-state index contributed by atoms with van der Waals surface area (Å²) < 4.78 is 84.7. The van der Waals surface area contributed by atoms with E-state index in [9.17, 15) is 31.1 Å². The van der Waals surface area contributed by atoms with E-state index in [0.717, 1.165) is 0 Å². The van der Waals surface area contributed by atoms with Gasteiger partial charge < -0.3 is 9.52 Å². The normalized spacial score (nSPS) is 12.2. The maximum Gasteiger partial charge on any atom is 0.416 e. The number of aromatic nitrogens is 1. The third-order valence-corrected chi connectivity index (χ3v) is 4.12. The minimum absolute atomic E-state index is 0.0171. The van der Waals surface area contributed by atoms with Crippen molar-refractivity contribution in [2.45, 2.75) is 25.2 Å². The van der Waals surface area contributed by atoms with E-state index in [2.05, 4.69) is 4.98 Å². The largest absolute Gasteiger partial charge is 0.481 e. The molecule has 0 aliphatic heterocycles. The van der Waals surface area contributed by atoms with Crippen molar-refractivity contribution in [2.24, 2.45) is 0 Å². The van der Waals surface area contributed by atoms with Crippen LogP contribution in [0.2, 0.25) is 0 Å². The second-order valence-electron chi connectivity index (χ2n) is 6.34. The molecule has 0 radical (unpaired) electrons. The van der Waals surface area contributed by atoms with Gasteiger partial charge in [-0.15, -0.1) is 0 Å². The van der Waals surface area contributed by atoms with E-state index in [0.29, 0.717) is 17.7 Å². The van der Waals surface area contributed by atoms with Crippen molar-refractivity contribution < 1.29 is 40.7 Å². The van der Waals surface area contributed by atoms with Crippen molar-refractivity contribution in [3.8, 4) is 22.6 Å². The predicted molar refractivity (Wildman–Crippen MR) is 93.3 cm³/mol. The smallest absolute Gasteiger partial charge is 0.416 e. The first kappa shape index (κ1) is 21.4. The molecular weight excluding hydrogens is 416 g/mol. The Morgan fingerprint density at radius 1 is 0.900 bits per heavy atom. The highest BCUT2D eigenvalue weighted by atomic mass is 19.4. The number of alkyl halides is 6. The molecule has 0 aliphatic rings. The second-order valence-corrected chi connectivity index (χ2v) is 6.34. The third-order valence-electron chi connectivity index (χ3n) is 4.12. The van der Waals surface area contributed by atoms with E-state index in [1.165, 1.54) is 0 Å². The van der Waals surface area contributed by atoms with Gasteiger partial charge in [-0.05, 0) is 18.2 Å². The molecule has 0 aliphatic carbocycles. The summed E-state index contributed by atoms with van der Waals surface area (Å²) in [6, 6.07) is 9.11. The van der Waals surface area contributed by atoms with Gasteiger partial charge in [0.2, 0.25) is 0 Å². The Morgan fingerprint density at radius 2 is 1.47 bits per heavy atom. The summed E-state index contributed by atoms with van der Waals surface area (Å²) >= 11 is 0. The number of aliphatic carboxylic acids is 1. The van der Waals surface area contributed by atoms with Gasteiger partial charge in [-0.2, -0.15) is 26.3 Å². The van der Waals surface area contributed by atoms with Crippen LogP contribution in [0.1, 0.15) is 23.4 Å². The second kappa shape index (κ2) is 7.85. The zero-order chi connectivity index (χ0) is 22.1. The quantitative estimate of drug-likeness (QED) is 0.501. The third kappa shape index (κ3) is 4.81. The van der Waals surface area contributed by atoms with Crippen LogP contribution >= 0.6 is 0 Å². The molecule has 0 atom stereocenters. The van der Waals surface area contributed by atoms with Gasteiger partial charge in [-0.1, -0.05) is 30.3 Å².